The first kappa shape index (κ1) is 34.4. The number of sulfonamides is 1. The summed E-state index contributed by atoms with van der Waals surface area (Å²) in [6.07, 6.45) is 5.35. The normalized spacial score (nSPS) is 14.3. The van der Waals surface area contributed by atoms with Crippen LogP contribution in [0.5, 0.6) is 0 Å². The Balaban J connectivity index is 1.57. The number of hydrogen-bond acceptors (Lipinski definition) is 4. The molecule has 1 atom stereocenters. The van der Waals surface area contributed by atoms with Crippen LogP contribution in [0.15, 0.2) is 112 Å². The fourth-order valence-corrected chi connectivity index (χ4v) is 7.97. The van der Waals surface area contributed by atoms with Gasteiger partial charge in [-0.1, -0.05) is 114 Å². The molecule has 1 N–H and O–H groups in total. The van der Waals surface area contributed by atoms with Crippen molar-refractivity contribution in [2.75, 3.05) is 10.8 Å². The zero-order valence-electron chi connectivity index (χ0n) is 26.9. The highest BCUT2D eigenvalue weighted by Gasteiger charge is 2.35. The molecule has 0 heterocycles. The van der Waals surface area contributed by atoms with Crippen LogP contribution in [0.2, 0.25) is 0 Å². The third-order valence-electron chi connectivity index (χ3n) is 8.72. The highest BCUT2D eigenvalue weighted by atomic mass is 79.9. The van der Waals surface area contributed by atoms with Gasteiger partial charge in [0.1, 0.15) is 12.6 Å². The van der Waals surface area contributed by atoms with Gasteiger partial charge in [0.05, 0.1) is 10.6 Å². The summed E-state index contributed by atoms with van der Waals surface area (Å²) >= 11 is 3.49. The molecule has 7 nitrogen and oxygen atoms in total. The average Bonchev–Trinajstić information content (AvgIpc) is 3.07. The number of aryl methyl sites for hydroxylation is 2. The molecule has 0 spiro atoms. The molecule has 1 aliphatic rings. The smallest absolute Gasteiger partial charge is 0.264 e. The largest absolute Gasteiger partial charge is 0.352 e. The van der Waals surface area contributed by atoms with Crippen LogP contribution in [0, 0.1) is 13.8 Å². The third-order valence-corrected chi connectivity index (χ3v) is 11.0. The van der Waals surface area contributed by atoms with Gasteiger partial charge in [0.25, 0.3) is 10.0 Å². The van der Waals surface area contributed by atoms with Gasteiger partial charge in [0.15, 0.2) is 0 Å². The Labute approximate surface area is 287 Å². The van der Waals surface area contributed by atoms with Crippen molar-refractivity contribution in [2.45, 2.75) is 75.9 Å². The van der Waals surface area contributed by atoms with Gasteiger partial charge in [-0.25, -0.2) is 8.42 Å². The number of carbonyl (C=O) groups excluding carboxylic acids is 2. The maximum atomic E-state index is 14.7. The van der Waals surface area contributed by atoms with E-state index in [4.69, 9.17) is 0 Å². The van der Waals surface area contributed by atoms with Crippen molar-refractivity contribution >= 4 is 43.5 Å². The monoisotopic (exact) mass is 715 g/mol. The molecule has 1 saturated carbocycles. The third kappa shape index (κ3) is 8.90. The molecule has 1 aliphatic carbocycles. The summed E-state index contributed by atoms with van der Waals surface area (Å²) in [7, 11) is -4.14. The van der Waals surface area contributed by atoms with Crippen molar-refractivity contribution in [2.24, 2.45) is 0 Å². The van der Waals surface area contributed by atoms with Crippen molar-refractivity contribution in [3.63, 3.8) is 0 Å². The predicted octanol–water partition coefficient (Wildman–Crippen LogP) is 7.35. The number of nitrogens with zero attached hydrogens (tertiary/aromatic N) is 2. The van der Waals surface area contributed by atoms with E-state index in [9.17, 15) is 18.0 Å². The molecule has 1 fully saturated rings. The van der Waals surface area contributed by atoms with E-state index < -0.39 is 28.5 Å². The Hall–Kier alpha value is -3.95. The molecular weight excluding hydrogens is 674 g/mol. The van der Waals surface area contributed by atoms with Gasteiger partial charge in [0.2, 0.25) is 11.8 Å². The number of rotatable bonds is 12. The molecule has 47 heavy (non-hydrogen) atoms. The van der Waals surface area contributed by atoms with Crippen molar-refractivity contribution in [1.82, 2.24) is 10.2 Å². The first-order valence-corrected chi connectivity index (χ1v) is 18.4. The topological polar surface area (TPSA) is 86.8 Å². The number of nitrogens with one attached hydrogen (secondary N) is 1. The van der Waals surface area contributed by atoms with E-state index in [1.807, 2.05) is 80.6 Å². The Kier molecular flexibility index (Phi) is 11.5. The molecule has 0 aliphatic heterocycles. The number of halogens is 1. The van der Waals surface area contributed by atoms with Crippen molar-refractivity contribution in [3.05, 3.63) is 130 Å². The van der Waals surface area contributed by atoms with Gasteiger partial charge >= 0.3 is 0 Å². The minimum Gasteiger partial charge on any atom is -0.352 e. The first-order chi connectivity index (χ1) is 22.6. The van der Waals surface area contributed by atoms with E-state index in [2.05, 4.69) is 21.2 Å². The van der Waals surface area contributed by atoms with Gasteiger partial charge in [-0.15, -0.1) is 0 Å². The number of anilines is 1. The standard InChI is InChI=1S/C38H42BrN3O4S/c1-28-18-23-35(29(2)24-28)42(47(45,46)34-16-10-5-11-17-34)27-37(43)41(26-31-19-21-32(39)22-20-31)36(25-30-12-6-3-7-13-30)38(44)40-33-14-8-4-9-15-33/h3,5-7,10-13,16-24,33,36H,4,8-9,14-15,25-27H2,1-2H3,(H,40,44)/t36-/m0/s1. The summed E-state index contributed by atoms with van der Waals surface area (Å²) in [5.74, 6) is -0.692. The number of hydrogen-bond donors (Lipinski definition) is 1. The Bertz CT molecular complexity index is 1760. The van der Waals surface area contributed by atoms with Crippen molar-refractivity contribution in [1.29, 1.82) is 0 Å². The molecule has 0 bridgehead atoms. The quantitative estimate of drug-likeness (QED) is 0.166. The number of amides is 2. The predicted molar refractivity (Wildman–Crippen MR) is 191 cm³/mol. The second-order valence-corrected chi connectivity index (χ2v) is 15.1. The molecule has 5 rings (SSSR count). The number of benzene rings is 4. The maximum absolute atomic E-state index is 14.7. The van der Waals surface area contributed by atoms with Crippen LogP contribution in [-0.2, 0) is 32.6 Å². The molecule has 2 amide bonds. The van der Waals surface area contributed by atoms with Gasteiger partial charge in [-0.05, 0) is 73.7 Å². The molecule has 4 aromatic rings. The second-order valence-electron chi connectivity index (χ2n) is 12.3. The van der Waals surface area contributed by atoms with Crippen molar-refractivity contribution < 1.29 is 18.0 Å². The van der Waals surface area contributed by atoms with E-state index in [0.29, 0.717) is 5.69 Å². The SMILES string of the molecule is Cc1ccc(N(CC(=O)N(Cc2ccc(Br)cc2)[C@@H](Cc2ccccc2)C(=O)NC2CCCCC2)S(=O)(=O)c2ccccc2)c(C)c1. The zero-order chi connectivity index (χ0) is 33.4. The summed E-state index contributed by atoms with van der Waals surface area (Å²) in [5, 5.41) is 3.25. The molecule has 0 radical (unpaired) electrons. The van der Waals surface area contributed by atoms with Crippen LogP contribution >= 0.6 is 15.9 Å². The maximum Gasteiger partial charge on any atom is 0.264 e. The second kappa shape index (κ2) is 15.8. The molecule has 0 saturated heterocycles. The summed E-state index contributed by atoms with van der Waals surface area (Å²) in [4.78, 5) is 30.6. The molecule has 9 heteroatoms. The van der Waals surface area contributed by atoms with Crippen LogP contribution in [0.25, 0.3) is 0 Å². The highest BCUT2D eigenvalue weighted by Crippen LogP contribution is 2.29. The van der Waals surface area contributed by atoms with Crippen LogP contribution in [-0.4, -0.2) is 43.8 Å². The van der Waals surface area contributed by atoms with Gasteiger partial charge in [-0.2, -0.15) is 0 Å². The van der Waals surface area contributed by atoms with E-state index >= 15 is 0 Å². The highest BCUT2D eigenvalue weighted by molar-refractivity contribution is 9.10. The summed E-state index contributed by atoms with van der Waals surface area (Å²) in [6, 6.07) is 30.1. The van der Waals surface area contributed by atoms with Crippen LogP contribution in [0.4, 0.5) is 5.69 Å². The summed E-state index contributed by atoms with van der Waals surface area (Å²) in [5.41, 5.74) is 3.87. The van der Waals surface area contributed by atoms with Crippen LogP contribution in [0.1, 0.15) is 54.4 Å². The lowest BCUT2D eigenvalue weighted by atomic mass is 9.94. The molecule has 0 aromatic heterocycles. The molecular formula is C38H42BrN3O4S. The van der Waals surface area contributed by atoms with Crippen molar-refractivity contribution in [3.8, 4) is 0 Å². The average molecular weight is 717 g/mol. The fraction of sp³-hybridized carbons (Fsp3) is 0.316. The van der Waals surface area contributed by atoms with E-state index in [0.717, 1.165) is 58.8 Å². The molecule has 246 valence electrons. The number of carbonyl (C=O) groups is 2. The van der Waals surface area contributed by atoms with Gasteiger partial charge < -0.3 is 10.2 Å². The van der Waals surface area contributed by atoms with Gasteiger partial charge in [0, 0.05) is 23.5 Å². The molecule has 4 aromatic carbocycles. The zero-order valence-corrected chi connectivity index (χ0v) is 29.3. The minimum atomic E-state index is -4.14. The van der Waals surface area contributed by atoms with Crippen LogP contribution in [0.3, 0.4) is 0 Å². The fourth-order valence-electron chi connectivity index (χ4n) is 6.20. The van der Waals surface area contributed by atoms with Gasteiger partial charge in [-0.3, -0.25) is 13.9 Å². The lowest BCUT2D eigenvalue weighted by molar-refractivity contribution is -0.140. The van der Waals surface area contributed by atoms with Crippen LogP contribution < -0.4 is 9.62 Å². The van der Waals surface area contributed by atoms with E-state index in [1.165, 1.54) is 16.4 Å². The first-order valence-electron chi connectivity index (χ1n) is 16.1. The van der Waals surface area contributed by atoms with E-state index in [1.54, 1.807) is 29.2 Å². The minimum absolute atomic E-state index is 0.0457. The summed E-state index contributed by atoms with van der Waals surface area (Å²) in [6.45, 7) is 3.44. The Morgan fingerprint density at radius 3 is 2.11 bits per heavy atom. The Morgan fingerprint density at radius 1 is 0.830 bits per heavy atom. The lowest BCUT2D eigenvalue weighted by Gasteiger charge is -2.35. The lowest BCUT2D eigenvalue weighted by Crippen LogP contribution is -2.55. The summed E-state index contributed by atoms with van der Waals surface area (Å²) < 4.78 is 30.6. The van der Waals surface area contributed by atoms with E-state index in [-0.39, 0.29) is 29.8 Å². The molecule has 0 unspecified atom stereocenters. The Morgan fingerprint density at radius 2 is 1.47 bits per heavy atom.